The predicted molar refractivity (Wildman–Crippen MR) is 114 cm³/mol. The minimum absolute atomic E-state index is 0.138. The lowest BCUT2D eigenvalue weighted by molar-refractivity contribution is -0.107. The van der Waals surface area contributed by atoms with Crippen molar-refractivity contribution in [1.82, 2.24) is 0 Å². The molecule has 0 fully saturated rings. The molecule has 0 unspecified atom stereocenters. The zero-order chi connectivity index (χ0) is 22.1. The van der Waals surface area contributed by atoms with E-state index in [0.717, 1.165) is 10.8 Å². The SMILES string of the molecule is COC(=O)c1c(-c2ccc3cc4c(cc3c2N(C)C=O)OCO4)ccc(OC)c1OC. The van der Waals surface area contributed by atoms with Gasteiger partial charge in [-0.1, -0.05) is 12.1 Å². The van der Waals surface area contributed by atoms with Crippen molar-refractivity contribution in [3.05, 3.63) is 42.0 Å². The summed E-state index contributed by atoms with van der Waals surface area (Å²) in [4.78, 5) is 26.0. The monoisotopic (exact) mass is 423 g/mol. The molecule has 0 aromatic heterocycles. The molecule has 0 saturated heterocycles. The van der Waals surface area contributed by atoms with Gasteiger partial charge in [-0.15, -0.1) is 0 Å². The van der Waals surface area contributed by atoms with E-state index in [1.165, 1.54) is 26.2 Å². The van der Waals surface area contributed by atoms with E-state index < -0.39 is 5.97 Å². The standard InChI is InChI=1S/C23H21NO7/c1-24(11-25)21-15(6-5-13-9-18-19(10-16(13)21)31-12-30-18)14-7-8-17(27-2)22(28-3)20(14)23(26)29-4/h5-11H,12H2,1-4H3. The molecule has 160 valence electrons. The fourth-order valence-electron chi connectivity index (χ4n) is 3.80. The smallest absolute Gasteiger partial charge is 0.342 e. The van der Waals surface area contributed by atoms with Crippen molar-refractivity contribution in [3.8, 4) is 34.1 Å². The molecule has 0 N–H and O–H groups in total. The van der Waals surface area contributed by atoms with Gasteiger partial charge in [0, 0.05) is 23.6 Å². The van der Waals surface area contributed by atoms with Crippen LogP contribution >= 0.6 is 0 Å². The van der Waals surface area contributed by atoms with Crippen molar-refractivity contribution in [2.45, 2.75) is 0 Å². The van der Waals surface area contributed by atoms with Crippen LogP contribution in [0.2, 0.25) is 0 Å². The quantitative estimate of drug-likeness (QED) is 0.442. The first-order valence-electron chi connectivity index (χ1n) is 9.42. The first kappa shape index (κ1) is 20.3. The van der Waals surface area contributed by atoms with E-state index in [0.29, 0.717) is 40.5 Å². The number of esters is 1. The van der Waals surface area contributed by atoms with E-state index in [-0.39, 0.29) is 18.1 Å². The summed E-state index contributed by atoms with van der Waals surface area (Å²) in [6, 6.07) is 10.9. The number of fused-ring (bicyclic) bond motifs is 2. The van der Waals surface area contributed by atoms with Gasteiger partial charge >= 0.3 is 5.97 Å². The van der Waals surface area contributed by atoms with E-state index in [2.05, 4.69) is 0 Å². The molecule has 8 nitrogen and oxygen atoms in total. The minimum Gasteiger partial charge on any atom is -0.493 e. The van der Waals surface area contributed by atoms with Crippen molar-refractivity contribution >= 4 is 28.8 Å². The van der Waals surface area contributed by atoms with Crippen LogP contribution in [0.1, 0.15) is 10.4 Å². The Kier molecular flexibility index (Phi) is 5.29. The molecule has 1 amide bonds. The van der Waals surface area contributed by atoms with Gasteiger partial charge in [-0.05, 0) is 29.7 Å². The molecule has 0 radical (unpaired) electrons. The number of carbonyl (C=O) groups excluding carboxylic acids is 2. The fourth-order valence-corrected chi connectivity index (χ4v) is 3.80. The van der Waals surface area contributed by atoms with Gasteiger partial charge in [0.2, 0.25) is 13.2 Å². The number of hydrogen-bond donors (Lipinski definition) is 0. The Morgan fingerprint density at radius 3 is 2.35 bits per heavy atom. The number of ether oxygens (including phenoxy) is 5. The number of anilines is 1. The largest absolute Gasteiger partial charge is 0.493 e. The molecule has 0 atom stereocenters. The second-order valence-corrected chi connectivity index (χ2v) is 6.82. The number of methoxy groups -OCH3 is 3. The van der Waals surface area contributed by atoms with Crippen molar-refractivity contribution in [1.29, 1.82) is 0 Å². The summed E-state index contributed by atoms with van der Waals surface area (Å²) >= 11 is 0. The van der Waals surface area contributed by atoms with Crippen LogP contribution in [0, 0.1) is 0 Å². The molecule has 3 aromatic carbocycles. The third-order valence-corrected chi connectivity index (χ3v) is 5.22. The lowest BCUT2D eigenvalue weighted by Crippen LogP contribution is -2.16. The van der Waals surface area contributed by atoms with E-state index in [9.17, 15) is 9.59 Å². The third-order valence-electron chi connectivity index (χ3n) is 5.22. The van der Waals surface area contributed by atoms with E-state index in [1.807, 2.05) is 24.3 Å². The first-order chi connectivity index (χ1) is 15.0. The molecule has 0 bridgehead atoms. The van der Waals surface area contributed by atoms with Crippen molar-refractivity contribution in [2.75, 3.05) is 40.1 Å². The highest BCUT2D eigenvalue weighted by Gasteiger charge is 2.26. The average molecular weight is 423 g/mol. The second kappa shape index (κ2) is 8.06. The van der Waals surface area contributed by atoms with Crippen molar-refractivity contribution in [3.63, 3.8) is 0 Å². The molecule has 0 aliphatic carbocycles. The zero-order valence-electron chi connectivity index (χ0n) is 17.6. The Morgan fingerprint density at radius 2 is 1.71 bits per heavy atom. The number of amides is 1. The maximum absolute atomic E-state index is 12.7. The Morgan fingerprint density at radius 1 is 1.00 bits per heavy atom. The van der Waals surface area contributed by atoms with Crippen LogP contribution in [-0.4, -0.2) is 47.5 Å². The van der Waals surface area contributed by atoms with Crippen LogP contribution in [0.3, 0.4) is 0 Å². The van der Waals surface area contributed by atoms with Crippen LogP contribution in [0.5, 0.6) is 23.0 Å². The molecular formula is C23H21NO7. The summed E-state index contributed by atoms with van der Waals surface area (Å²) in [7, 11) is 5.88. The van der Waals surface area contributed by atoms with Gasteiger partial charge in [-0.25, -0.2) is 4.79 Å². The Bertz CT molecular complexity index is 1190. The Balaban J connectivity index is 2.08. The lowest BCUT2D eigenvalue weighted by Gasteiger charge is -2.22. The Labute approximate surface area is 178 Å². The summed E-state index contributed by atoms with van der Waals surface area (Å²) in [5.41, 5.74) is 1.98. The number of hydrogen-bond acceptors (Lipinski definition) is 7. The summed E-state index contributed by atoms with van der Waals surface area (Å²) in [5, 5.41) is 1.62. The summed E-state index contributed by atoms with van der Waals surface area (Å²) in [5.74, 6) is 1.28. The maximum atomic E-state index is 12.7. The molecular weight excluding hydrogens is 402 g/mol. The fraction of sp³-hybridized carbons (Fsp3) is 0.217. The Hall–Kier alpha value is -3.94. The van der Waals surface area contributed by atoms with Crippen LogP contribution in [0.4, 0.5) is 5.69 Å². The highest BCUT2D eigenvalue weighted by Crippen LogP contribution is 2.46. The molecule has 31 heavy (non-hydrogen) atoms. The second-order valence-electron chi connectivity index (χ2n) is 6.82. The van der Waals surface area contributed by atoms with Crippen LogP contribution in [0.15, 0.2) is 36.4 Å². The number of rotatable bonds is 6. The van der Waals surface area contributed by atoms with Crippen molar-refractivity contribution < 1.29 is 33.3 Å². The van der Waals surface area contributed by atoms with Crippen LogP contribution in [0.25, 0.3) is 21.9 Å². The van der Waals surface area contributed by atoms with Crippen molar-refractivity contribution in [2.24, 2.45) is 0 Å². The third kappa shape index (κ3) is 3.26. The summed E-state index contributed by atoms with van der Waals surface area (Å²) in [6.45, 7) is 0.138. The van der Waals surface area contributed by atoms with Gasteiger partial charge in [0.05, 0.1) is 27.0 Å². The molecule has 8 heteroatoms. The van der Waals surface area contributed by atoms with E-state index in [1.54, 1.807) is 19.2 Å². The van der Waals surface area contributed by atoms with E-state index >= 15 is 0 Å². The van der Waals surface area contributed by atoms with Gasteiger partial charge in [0.15, 0.2) is 23.0 Å². The molecule has 1 aliphatic rings. The summed E-state index contributed by atoms with van der Waals surface area (Å²) in [6.07, 6.45) is 0.710. The maximum Gasteiger partial charge on any atom is 0.342 e. The van der Waals surface area contributed by atoms with Gasteiger partial charge in [-0.2, -0.15) is 0 Å². The highest BCUT2D eigenvalue weighted by molar-refractivity contribution is 6.10. The zero-order valence-corrected chi connectivity index (χ0v) is 17.6. The van der Waals surface area contributed by atoms with Gasteiger partial charge < -0.3 is 28.6 Å². The first-order valence-corrected chi connectivity index (χ1v) is 9.42. The summed E-state index contributed by atoms with van der Waals surface area (Å²) < 4.78 is 26.9. The lowest BCUT2D eigenvalue weighted by atomic mass is 9.93. The molecule has 3 aromatic rings. The normalized spacial score (nSPS) is 11.9. The topological polar surface area (TPSA) is 83.5 Å². The van der Waals surface area contributed by atoms with Gasteiger partial charge in [0.1, 0.15) is 5.56 Å². The highest BCUT2D eigenvalue weighted by atomic mass is 16.7. The van der Waals surface area contributed by atoms with E-state index in [4.69, 9.17) is 23.7 Å². The number of nitrogens with zero attached hydrogens (tertiary/aromatic N) is 1. The van der Waals surface area contributed by atoms with Crippen LogP contribution < -0.4 is 23.8 Å². The molecule has 4 rings (SSSR count). The molecule has 1 heterocycles. The van der Waals surface area contributed by atoms with Gasteiger partial charge in [0.25, 0.3) is 0 Å². The number of carbonyl (C=O) groups is 2. The average Bonchev–Trinajstić information content (AvgIpc) is 3.27. The number of benzene rings is 3. The molecule has 1 aliphatic heterocycles. The van der Waals surface area contributed by atoms with Gasteiger partial charge in [-0.3, -0.25) is 4.79 Å². The van der Waals surface area contributed by atoms with Crippen LogP contribution in [-0.2, 0) is 9.53 Å². The molecule has 0 spiro atoms. The predicted octanol–water partition coefficient (Wildman–Crippen LogP) is 3.63. The minimum atomic E-state index is -0.587. The molecule has 0 saturated carbocycles.